The number of ether oxygens (including phenoxy) is 2. The largest absolute Gasteiger partial charge is 0.461 e. The van der Waals surface area contributed by atoms with Crippen LogP contribution in [0.5, 0.6) is 0 Å². The molecule has 3 aromatic rings. The molecule has 26 heavy (non-hydrogen) atoms. The molecule has 0 aliphatic heterocycles. The Hall–Kier alpha value is -1.60. The summed E-state index contributed by atoms with van der Waals surface area (Å²) in [5, 5.41) is 1.12. The van der Waals surface area contributed by atoms with Crippen LogP contribution in [0, 0.1) is 5.82 Å². The number of hydrogen-bond acceptors (Lipinski definition) is 5. The number of halogens is 2. The molecule has 0 saturated carbocycles. The number of fused-ring (bicyclic) bond motifs is 1. The summed E-state index contributed by atoms with van der Waals surface area (Å²) in [6.07, 6.45) is 0. The minimum atomic E-state index is -0.450. The molecule has 1 heterocycles. The maximum absolute atomic E-state index is 14.2. The molecule has 0 bridgehead atoms. The molecule has 0 unspecified atom stereocenters. The first-order chi connectivity index (χ1) is 12.6. The van der Waals surface area contributed by atoms with Gasteiger partial charge < -0.3 is 9.47 Å². The van der Waals surface area contributed by atoms with Crippen molar-refractivity contribution in [2.75, 3.05) is 19.5 Å². The molecule has 3 nitrogen and oxygen atoms in total. The van der Waals surface area contributed by atoms with E-state index in [1.807, 2.05) is 24.3 Å². The fourth-order valence-corrected chi connectivity index (χ4v) is 4.48. The molecular weight excluding hydrogens is 395 g/mol. The Kier molecular flexibility index (Phi) is 6.53. The number of esters is 1. The maximum Gasteiger partial charge on any atom is 0.348 e. The molecule has 0 saturated heterocycles. The zero-order chi connectivity index (χ0) is 18.5. The number of carbonyl (C=O) groups excluding carboxylic acids is 1. The van der Waals surface area contributed by atoms with Crippen molar-refractivity contribution in [2.45, 2.75) is 11.5 Å². The summed E-state index contributed by atoms with van der Waals surface area (Å²) >= 11 is 8.65. The highest BCUT2D eigenvalue weighted by Crippen LogP contribution is 2.34. The molecule has 3 rings (SSSR count). The van der Waals surface area contributed by atoms with Crippen LogP contribution in [-0.4, -0.2) is 25.4 Å². The van der Waals surface area contributed by atoms with Crippen molar-refractivity contribution in [3.63, 3.8) is 0 Å². The topological polar surface area (TPSA) is 35.5 Å². The highest BCUT2D eigenvalue weighted by Gasteiger charge is 2.21. The predicted octanol–water partition coefficient (Wildman–Crippen LogP) is 5.79. The molecule has 0 aliphatic rings. The molecule has 1 aromatic heterocycles. The number of rotatable bonds is 7. The molecular formula is C19H16ClFO3S2. The lowest BCUT2D eigenvalue weighted by Crippen LogP contribution is -2.08. The van der Waals surface area contributed by atoms with Gasteiger partial charge in [0.15, 0.2) is 0 Å². The van der Waals surface area contributed by atoms with E-state index < -0.39 is 5.97 Å². The minimum absolute atomic E-state index is 0.158. The molecule has 0 atom stereocenters. The lowest BCUT2D eigenvalue weighted by Gasteiger charge is -2.06. The molecule has 0 fully saturated rings. The van der Waals surface area contributed by atoms with Gasteiger partial charge in [0, 0.05) is 38.4 Å². The molecule has 0 radical (unpaired) electrons. The van der Waals surface area contributed by atoms with Crippen molar-refractivity contribution in [3.05, 3.63) is 63.7 Å². The second-order valence-electron chi connectivity index (χ2n) is 5.39. The fourth-order valence-electron chi connectivity index (χ4n) is 2.50. The van der Waals surface area contributed by atoms with Gasteiger partial charge in [0.05, 0.1) is 6.61 Å². The molecule has 0 amide bonds. The average Bonchev–Trinajstić information content (AvgIpc) is 3.00. The van der Waals surface area contributed by atoms with Gasteiger partial charge >= 0.3 is 5.97 Å². The van der Waals surface area contributed by atoms with E-state index in [-0.39, 0.29) is 19.0 Å². The molecule has 0 aliphatic carbocycles. The van der Waals surface area contributed by atoms with Crippen LogP contribution in [0.25, 0.3) is 10.1 Å². The van der Waals surface area contributed by atoms with Crippen LogP contribution in [0.2, 0.25) is 5.02 Å². The standard InChI is InChI=1S/C19H16ClFO3S2/c1-23-11-14-17-15(21)3-2-4-16(17)26-18(14)19(22)24-9-10-25-13-7-5-12(20)6-8-13/h2-8H,9-11H2,1H3. The number of methoxy groups -OCH3 is 1. The Morgan fingerprint density at radius 1 is 1.23 bits per heavy atom. The fraction of sp³-hybridized carbons (Fsp3) is 0.211. The molecule has 7 heteroatoms. The zero-order valence-electron chi connectivity index (χ0n) is 14.0. The van der Waals surface area contributed by atoms with Crippen molar-refractivity contribution in [2.24, 2.45) is 0 Å². The van der Waals surface area contributed by atoms with Gasteiger partial charge in [0.25, 0.3) is 0 Å². The molecule has 0 spiro atoms. The predicted molar refractivity (Wildman–Crippen MR) is 105 cm³/mol. The van der Waals surface area contributed by atoms with Gasteiger partial charge in [-0.1, -0.05) is 17.7 Å². The van der Waals surface area contributed by atoms with Crippen LogP contribution in [0.1, 0.15) is 15.2 Å². The number of hydrogen-bond donors (Lipinski definition) is 0. The smallest absolute Gasteiger partial charge is 0.348 e. The molecule has 136 valence electrons. The number of carbonyl (C=O) groups is 1. The van der Waals surface area contributed by atoms with Gasteiger partial charge in [0.1, 0.15) is 17.3 Å². The van der Waals surface area contributed by atoms with Gasteiger partial charge in [-0.2, -0.15) is 0 Å². The van der Waals surface area contributed by atoms with E-state index in [0.29, 0.717) is 31.3 Å². The average molecular weight is 411 g/mol. The summed E-state index contributed by atoms with van der Waals surface area (Å²) in [4.78, 5) is 13.9. The van der Waals surface area contributed by atoms with Gasteiger partial charge in [0.2, 0.25) is 0 Å². The van der Waals surface area contributed by atoms with E-state index in [9.17, 15) is 9.18 Å². The van der Waals surface area contributed by atoms with Crippen LogP contribution in [0.4, 0.5) is 4.39 Å². The number of benzene rings is 2. The van der Waals surface area contributed by atoms with Gasteiger partial charge in [-0.3, -0.25) is 0 Å². The van der Waals surface area contributed by atoms with Gasteiger partial charge in [-0.05, 0) is 36.4 Å². The third-order valence-electron chi connectivity index (χ3n) is 3.64. The lowest BCUT2D eigenvalue weighted by atomic mass is 10.1. The molecule has 2 aromatic carbocycles. The summed E-state index contributed by atoms with van der Waals surface area (Å²) in [7, 11) is 1.52. The second-order valence-corrected chi connectivity index (χ2v) is 8.05. The first kappa shape index (κ1) is 19.2. The van der Waals surface area contributed by atoms with E-state index >= 15 is 0 Å². The van der Waals surface area contributed by atoms with Crippen LogP contribution >= 0.6 is 34.7 Å². The Morgan fingerprint density at radius 3 is 2.73 bits per heavy atom. The SMILES string of the molecule is COCc1c(C(=O)OCCSc2ccc(Cl)cc2)sc2cccc(F)c12. The Morgan fingerprint density at radius 2 is 2.00 bits per heavy atom. The van der Waals surface area contributed by atoms with E-state index in [2.05, 4.69) is 0 Å². The van der Waals surface area contributed by atoms with Crippen LogP contribution in [0.15, 0.2) is 47.4 Å². The van der Waals surface area contributed by atoms with Crippen molar-refractivity contribution in [1.29, 1.82) is 0 Å². The first-order valence-electron chi connectivity index (χ1n) is 7.84. The van der Waals surface area contributed by atoms with E-state index in [0.717, 1.165) is 4.90 Å². The summed E-state index contributed by atoms with van der Waals surface area (Å²) < 4.78 is 25.4. The summed E-state index contributed by atoms with van der Waals surface area (Å²) in [6.45, 7) is 0.417. The van der Waals surface area contributed by atoms with Crippen molar-refractivity contribution < 1.29 is 18.7 Å². The Labute approximate surface area is 164 Å². The van der Waals surface area contributed by atoms with Gasteiger partial charge in [-0.15, -0.1) is 23.1 Å². The maximum atomic E-state index is 14.2. The van der Waals surface area contributed by atoms with Crippen molar-refractivity contribution in [3.8, 4) is 0 Å². The third kappa shape index (κ3) is 4.38. The quantitative estimate of drug-likeness (QED) is 0.280. The minimum Gasteiger partial charge on any atom is -0.461 e. The Bertz CT molecular complexity index is 909. The number of thiophene rings is 1. The summed E-state index contributed by atoms with van der Waals surface area (Å²) in [5.74, 6) is -0.191. The van der Waals surface area contributed by atoms with Gasteiger partial charge in [-0.25, -0.2) is 9.18 Å². The van der Waals surface area contributed by atoms with E-state index in [1.54, 1.807) is 23.9 Å². The summed E-state index contributed by atoms with van der Waals surface area (Å²) in [6, 6.07) is 12.3. The lowest BCUT2D eigenvalue weighted by molar-refractivity contribution is 0.0532. The summed E-state index contributed by atoms with van der Waals surface area (Å²) in [5.41, 5.74) is 0.543. The zero-order valence-corrected chi connectivity index (χ0v) is 16.3. The van der Waals surface area contributed by atoms with Crippen LogP contribution in [-0.2, 0) is 16.1 Å². The molecule has 0 N–H and O–H groups in total. The van der Waals surface area contributed by atoms with Crippen LogP contribution in [0.3, 0.4) is 0 Å². The van der Waals surface area contributed by atoms with Crippen molar-refractivity contribution in [1.82, 2.24) is 0 Å². The first-order valence-corrected chi connectivity index (χ1v) is 10.0. The van der Waals surface area contributed by atoms with Crippen LogP contribution < -0.4 is 0 Å². The highest BCUT2D eigenvalue weighted by molar-refractivity contribution is 7.99. The van der Waals surface area contributed by atoms with E-state index in [4.69, 9.17) is 21.1 Å². The second kappa shape index (κ2) is 8.86. The monoisotopic (exact) mass is 410 g/mol. The highest BCUT2D eigenvalue weighted by atomic mass is 35.5. The van der Waals surface area contributed by atoms with E-state index in [1.165, 1.54) is 24.5 Å². The third-order valence-corrected chi connectivity index (χ3v) is 6.04. The Balaban J connectivity index is 1.66. The van der Waals surface area contributed by atoms with Crippen molar-refractivity contribution >= 4 is 50.8 Å². The number of thioether (sulfide) groups is 1. The normalized spacial score (nSPS) is 11.0.